The summed E-state index contributed by atoms with van der Waals surface area (Å²) in [5.41, 5.74) is 1.77. The highest BCUT2D eigenvalue weighted by molar-refractivity contribution is 5.94. The van der Waals surface area contributed by atoms with Crippen molar-refractivity contribution >= 4 is 11.6 Å². The van der Waals surface area contributed by atoms with E-state index in [-0.39, 0.29) is 11.9 Å². The van der Waals surface area contributed by atoms with Crippen LogP contribution in [0.5, 0.6) is 0 Å². The largest absolute Gasteiger partial charge is 0.382 e. The lowest BCUT2D eigenvalue weighted by Crippen LogP contribution is -2.30. The molecule has 0 radical (unpaired) electrons. The Morgan fingerprint density at radius 2 is 1.95 bits per heavy atom. The number of nitrogens with one attached hydrogen (secondary N) is 2. The third kappa shape index (κ3) is 4.53. The van der Waals surface area contributed by atoms with Crippen LogP contribution in [0.25, 0.3) is 0 Å². The summed E-state index contributed by atoms with van der Waals surface area (Å²) in [6.45, 7) is 5.61. The summed E-state index contributed by atoms with van der Waals surface area (Å²) in [6, 6.07) is 8.31. The number of hydrogen-bond donors (Lipinski definition) is 2. The molecule has 0 bridgehead atoms. The molecule has 0 spiro atoms. The number of carbonyl (C=O) groups is 1. The van der Waals surface area contributed by atoms with Gasteiger partial charge in [0, 0.05) is 36.5 Å². The maximum absolute atomic E-state index is 11.9. The zero-order chi connectivity index (χ0) is 14.4. The Morgan fingerprint density at radius 1 is 1.20 bits per heavy atom. The lowest BCUT2D eigenvalue weighted by molar-refractivity contribution is 0.0943. The second-order valence-corrected chi connectivity index (χ2v) is 5.59. The molecule has 1 atom stereocenters. The van der Waals surface area contributed by atoms with Gasteiger partial charge in [0.15, 0.2) is 0 Å². The summed E-state index contributed by atoms with van der Waals surface area (Å²) in [6.07, 6.45) is 3.28. The summed E-state index contributed by atoms with van der Waals surface area (Å²) in [7, 11) is 0. The van der Waals surface area contributed by atoms with E-state index in [1.807, 2.05) is 38.1 Å². The monoisotopic (exact) mass is 276 g/mol. The minimum atomic E-state index is -0.0191. The second-order valence-electron chi connectivity index (χ2n) is 5.59. The Kier molecular flexibility index (Phi) is 5.41. The van der Waals surface area contributed by atoms with Gasteiger partial charge in [0.05, 0.1) is 0 Å². The van der Waals surface area contributed by atoms with Gasteiger partial charge in [-0.25, -0.2) is 0 Å². The van der Waals surface area contributed by atoms with Crippen molar-refractivity contribution in [1.29, 1.82) is 0 Å². The highest BCUT2D eigenvalue weighted by Crippen LogP contribution is 2.16. The van der Waals surface area contributed by atoms with Gasteiger partial charge in [-0.2, -0.15) is 0 Å². The van der Waals surface area contributed by atoms with E-state index < -0.39 is 0 Å². The van der Waals surface area contributed by atoms with Crippen molar-refractivity contribution in [2.24, 2.45) is 0 Å². The molecule has 4 heteroatoms. The molecular weight excluding hydrogens is 252 g/mol. The minimum absolute atomic E-state index is 0.0191. The van der Waals surface area contributed by atoms with Crippen LogP contribution in [0.1, 0.15) is 43.5 Å². The zero-order valence-corrected chi connectivity index (χ0v) is 12.3. The quantitative estimate of drug-likeness (QED) is 0.889. The molecule has 1 unspecified atom stereocenters. The average molecular weight is 276 g/mol. The molecule has 2 rings (SSSR count). The first-order chi connectivity index (χ1) is 9.65. The Hall–Kier alpha value is -1.55. The standard InChI is InChI=1S/C16H24N2O2/c1-12(2)17-16(19)13-5-7-15(8-6-13)18-14-4-3-10-20-11-9-14/h5-8,12,14,18H,3-4,9-11H2,1-2H3,(H,17,19). The van der Waals surface area contributed by atoms with E-state index in [1.165, 1.54) is 0 Å². The Bertz CT molecular complexity index is 421. The first-order valence-corrected chi connectivity index (χ1v) is 7.40. The molecule has 2 N–H and O–H groups in total. The molecule has 0 aliphatic carbocycles. The molecule has 1 aliphatic rings. The van der Waals surface area contributed by atoms with Crippen LogP contribution in [0.15, 0.2) is 24.3 Å². The van der Waals surface area contributed by atoms with Gasteiger partial charge < -0.3 is 15.4 Å². The molecule has 20 heavy (non-hydrogen) atoms. The first kappa shape index (κ1) is 14.9. The van der Waals surface area contributed by atoms with Gasteiger partial charge in [-0.05, 0) is 57.4 Å². The Morgan fingerprint density at radius 3 is 2.65 bits per heavy atom. The number of carbonyl (C=O) groups excluding carboxylic acids is 1. The van der Waals surface area contributed by atoms with E-state index in [0.717, 1.165) is 38.2 Å². The molecule has 4 nitrogen and oxygen atoms in total. The van der Waals surface area contributed by atoms with Crippen LogP contribution in [0.4, 0.5) is 5.69 Å². The summed E-state index contributed by atoms with van der Waals surface area (Å²) < 4.78 is 5.46. The van der Waals surface area contributed by atoms with Crippen LogP contribution in [0, 0.1) is 0 Å². The Labute approximate surface area is 120 Å². The number of amides is 1. The summed E-state index contributed by atoms with van der Waals surface area (Å²) in [4.78, 5) is 11.9. The van der Waals surface area contributed by atoms with Gasteiger partial charge >= 0.3 is 0 Å². The van der Waals surface area contributed by atoms with Gasteiger partial charge in [-0.1, -0.05) is 0 Å². The summed E-state index contributed by atoms with van der Waals surface area (Å²) in [5.74, 6) is -0.0191. The topological polar surface area (TPSA) is 50.4 Å². The number of benzene rings is 1. The second kappa shape index (κ2) is 7.29. The van der Waals surface area contributed by atoms with Crippen LogP contribution in [0.3, 0.4) is 0 Å². The van der Waals surface area contributed by atoms with E-state index >= 15 is 0 Å². The van der Waals surface area contributed by atoms with E-state index in [9.17, 15) is 4.79 Å². The van der Waals surface area contributed by atoms with Crippen molar-refractivity contribution in [3.8, 4) is 0 Å². The molecule has 1 aromatic rings. The minimum Gasteiger partial charge on any atom is -0.382 e. The van der Waals surface area contributed by atoms with Crippen molar-refractivity contribution in [3.63, 3.8) is 0 Å². The Balaban J connectivity index is 1.92. The highest BCUT2D eigenvalue weighted by Gasteiger charge is 2.12. The molecule has 0 aromatic heterocycles. The predicted octanol–water partition coefficient (Wildman–Crippen LogP) is 2.81. The first-order valence-electron chi connectivity index (χ1n) is 7.40. The average Bonchev–Trinajstić information content (AvgIpc) is 2.67. The van der Waals surface area contributed by atoms with Crippen molar-refractivity contribution in [2.75, 3.05) is 18.5 Å². The van der Waals surface area contributed by atoms with E-state index in [0.29, 0.717) is 11.6 Å². The number of anilines is 1. The van der Waals surface area contributed by atoms with Crippen LogP contribution < -0.4 is 10.6 Å². The molecule has 1 amide bonds. The maximum Gasteiger partial charge on any atom is 0.251 e. The molecule has 110 valence electrons. The lowest BCUT2D eigenvalue weighted by Gasteiger charge is -2.17. The van der Waals surface area contributed by atoms with Gasteiger partial charge in [0.1, 0.15) is 0 Å². The molecule has 1 heterocycles. The fourth-order valence-electron chi connectivity index (χ4n) is 2.35. The fraction of sp³-hybridized carbons (Fsp3) is 0.562. The van der Waals surface area contributed by atoms with Crippen LogP contribution >= 0.6 is 0 Å². The number of rotatable bonds is 4. The normalized spacial score (nSPS) is 19.4. The lowest BCUT2D eigenvalue weighted by atomic mass is 10.1. The van der Waals surface area contributed by atoms with Crippen molar-refractivity contribution in [3.05, 3.63) is 29.8 Å². The summed E-state index contributed by atoms with van der Waals surface area (Å²) in [5, 5.41) is 6.41. The van der Waals surface area contributed by atoms with E-state index in [1.54, 1.807) is 0 Å². The summed E-state index contributed by atoms with van der Waals surface area (Å²) >= 11 is 0. The van der Waals surface area contributed by atoms with Crippen molar-refractivity contribution in [1.82, 2.24) is 5.32 Å². The van der Waals surface area contributed by atoms with Crippen molar-refractivity contribution < 1.29 is 9.53 Å². The van der Waals surface area contributed by atoms with Gasteiger partial charge in [0.25, 0.3) is 5.91 Å². The highest BCUT2D eigenvalue weighted by atomic mass is 16.5. The molecule has 1 aromatic carbocycles. The van der Waals surface area contributed by atoms with Gasteiger partial charge in [-0.15, -0.1) is 0 Å². The SMILES string of the molecule is CC(C)NC(=O)c1ccc(NC2CCCOCC2)cc1. The maximum atomic E-state index is 11.9. The molecule has 1 aliphatic heterocycles. The molecule has 1 fully saturated rings. The number of hydrogen-bond acceptors (Lipinski definition) is 3. The van der Waals surface area contributed by atoms with E-state index in [2.05, 4.69) is 10.6 Å². The van der Waals surface area contributed by atoms with Gasteiger partial charge in [-0.3, -0.25) is 4.79 Å². The third-order valence-electron chi connectivity index (χ3n) is 3.39. The van der Waals surface area contributed by atoms with Crippen LogP contribution in [-0.4, -0.2) is 31.2 Å². The van der Waals surface area contributed by atoms with Crippen LogP contribution in [0.2, 0.25) is 0 Å². The molecule has 1 saturated heterocycles. The smallest absolute Gasteiger partial charge is 0.251 e. The predicted molar refractivity (Wildman–Crippen MR) is 81.1 cm³/mol. The number of ether oxygens (including phenoxy) is 1. The van der Waals surface area contributed by atoms with Gasteiger partial charge in [0.2, 0.25) is 0 Å². The fourth-order valence-corrected chi connectivity index (χ4v) is 2.35. The molecule has 0 saturated carbocycles. The third-order valence-corrected chi connectivity index (χ3v) is 3.39. The van der Waals surface area contributed by atoms with Crippen molar-refractivity contribution in [2.45, 2.75) is 45.2 Å². The zero-order valence-electron chi connectivity index (χ0n) is 12.3. The van der Waals surface area contributed by atoms with E-state index in [4.69, 9.17) is 4.74 Å². The van der Waals surface area contributed by atoms with Crippen LogP contribution in [-0.2, 0) is 4.74 Å². The molecular formula is C16H24N2O2.